The van der Waals surface area contributed by atoms with Crippen LogP contribution in [0.3, 0.4) is 0 Å². The molecule has 1 aromatic rings. The summed E-state index contributed by atoms with van der Waals surface area (Å²) in [6.07, 6.45) is -3.01. The summed E-state index contributed by atoms with van der Waals surface area (Å²) in [6, 6.07) is 5.99. The largest absolute Gasteiger partial charge is 0.573 e. The molecule has 2 saturated carbocycles. The summed E-state index contributed by atoms with van der Waals surface area (Å²) < 4.78 is 45.8. The van der Waals surface area contributed by atoms with E-state index in [1.807, 2.05) is 4.90 Å². The summed E-state index contributed by atoms with van der Waals surface area (Å²) in [5.74, 6) is 0.0836. The lowest BCUT2D eigenvalue weighted by molar-refractivity contribution is -0.274. The van der Waals surface area contributed by atoms with Gasteiger partial charge in [0.15, 0.2) is 0 Å². The Labute approximate surface area is 159 Å². The van der Waals surface area contributed by atoms with Crippen LogP contribution in [0.4, 0.5) is 18.0 Å². The summed E-state index contributed by atoms with van der Waals surface area (Å²) in [5, 5.41) is 2.79. The standard InChI is InChI=1S/C19H19F3N2O4/c20-19(21,22)28-14-3-1-12(2-4-14)18-7-13(18)8-24(9-18)15(25)11-5-17(6-11)10-27-16(26)23-17/h1-4,11,13H,5-10H2,(H,23,26)/t11-,13?,17+,18?. The minimum absolute atomic E-state index is 0.0929. The predicted octanol–water partition coefficient (Wildman–Crippen LogP) is 2.57. The van der Waals surface area contributed by atoms with Crippen molar-refractivity contribution in [2.45, 2.75) is 36.6 Å². The van der Waals surface area contributed by atoms with Gasteiger partial charge < -0.3 is 19.7 Å². The fraction of sp³-hybridized carbons (Fsp3) is 0.579. The molecule has 2 saturated heterocycles. The third kappa shape index (κ3) is 2.79. The van der Waals surface area contributed by atoms with Crippen molar-refractivity contribution in [2.24, 2.45) is 11.8 Å². The number of piperidine rings is 1. The van der Waals surface area contributed by atoms with Crippen molar-refractivity contribution in [1.82, 2.24) is 10.2 Å². The van der Waals surface area contributed by atoms with Crippen molar-refractivity contribution in [1.29, 1.82) is 0 Å². The fourth-order valence-electron chi connectivity index (χ4n) is 5.11. The van der Waals surface area contributed by atoms with Crippen LogP contribution in [-0.4, -0.2) is 48.5 Å². The molecule has 5 rings (SSSR count). The van der Waals surface area contributed by atoms with Gasteiger partial charge in [0.25, 0.3) is 0 Å². The molecule has 2 atom stereocenters. The molecule has 1 spiro atoms. The van der Waals surface area contributed by atoms with E-state index in [0.717, 1.165) is 12.0 Å². The lowest BCUT2D eigenvalue weighted by Crippen LogP contribution is -2.58. The molecule has 2 aliphatic heterocycles. The first-order chi connectivity index (χ1) is 13.2. The van der Waals surface area contributed by atoms with Crippen molar-refractivity contribution in [3.63, 3.8) is 0 Å². The Morgan fingerprint density at radius 1 is 1.21 bits per heavy atom. The minimum Gasteiger partial charge on any atom is -0.447 e. The summed E-state index contributed by atoms with van der Waals surface area (Å²) in [5.41, 5.74) is 0.411. The molecule has 0 aromatic heterocycles. The minimum atomic E-state index is -4.71. The number of nitrogens with one attached hydrogen (secondary N) is 1. The van der Waals surface area contributed by atoms with Crippen LogP contribution in [0.15, 0.2) is 24.3 Å². The molecule has 0 radical (unpaired) electrons. The van der Waals surface area contributed by atoms with Gasteiger partial charge in [0, 0.05) is 24.4 Å². The first-order valence-electron chi connectivity index (χ1n) is 9.28. The Kier molecular flexibility index (Phi) is 3.49. The molecule has 28 heavy (non-hydrogen) atoms. The fourth-order valence-corrected chi connectivity index (χ4v) is 5.11. The average Bonchev–Trinajstić information content (AvgIpc) is 2.96. The van der Waals surface area contributed by atoms with Gasteiger partial charge in [-0.15, -0.1) is 13.2 Å². The molecule has 0 bridgehead atoms. The zero-order valence-corrected chi connectivity index (χ0v) is 14.9. The Bertz CT molecular complexity index is 835. The molecule has 9 heteroatoms. The number of likely N-dealkylation sites (tertiary alicyclic amines) is 1. The van der Waals surface area contributed by atoms with Crippen molar-refractivity contribution in [3.05, 3.63) is 29.8 Å². The molecule has 4 fully saturated rings. The Hall–Kier alpha value is -2.45. The van der Waals surface area contributed by atoms with E-state index in [2.05, 4.69) is 10.1 Å². The van der Waals surface area contributed by atoms with Gasteiger partial charge in [-0.25, -0.2) is 4.79 Å². The highest BCUT2D eigenvalue weighted by Crippen LogP contribution is 2.59. The number of hydrogen-bond acceptors (Lipinski definition) is 4. The molecule has 2 aliphatic carbocycles. The molecule has 150 valence electrons. The molecular weight excluding hydrogens is 377 g/mol. The number of carbonyl (C=O) groups excluding carboxylic acids is 2. The molecule has 4 aliphatic rings. The average molecular weight is 396 g/mol. The second kappa shape index (κ2) is 5.55. The number of benzene rings is 1. The highest BCUT2D eigenvalue weighted by Gasteiger charge is 2.63. The van der Waals surface area contributed by atoms with E-state index in [4.69, 9.17) is 4.74 Å². The van der Waals surface area contributed by atoms with Crippen LogP contribution in [-0.2, 0) is 14.9 Å². The maximum absolute atomic E-state index is 12.8. The van der Waals surface area contributed by atoms with Crippen LogP contribution >= 0.6 is 0 Å². The zero-order valence-electron chi connectivity index (χ0n) is 14.9. The van der Waals surface area contributed by atoms with Crippen LogP contribution in [0.2, 0.25) is 0 Å². The van der Waals surface area contributed by atoms with Crippen LogP contribution in [0.25, 0.3) is 0 Å². The molecule has 1 N–H and O–H groups in total. The monoisotopic (exact) mass is 396 g/mol. The Morgan fingerprint density at radius 2 is 1.93 bits per heavy atom. The maximum Gasteiger partial charge on any atom is 0.573 e. The number of nitrogens with zero attached hydrogens (tertiary/aromatic N) is 1. The Morgan fingerprint density at radius 3 is 2.54 bits per heavy atom. The number of fused-ring (bicyclic) bond motifs is 1. The molecule has 2 unspecified atom stereocenters. The summed E-state index contributed by atoms with van der Waals surface area (Å²) >= 11 is 0. The van der Waals surface area contributed by atoms with Crippen LogP contribution in [0, 0.1) is 11.8 Å². The van der Waals surface area contributed by atoms with Gasteiger partial charge in [-0.3, -0.25) is 4.79 Å². The highest BCUT2D eigenvalue weighted by molar-refractivity contribution is 5.82. The van der Waals surface area contributed by atoms with E-state index < -0.39 is 12.5 Å². The predicted molar refractivity (Wildman–Crippen MR) is 89.4 cm³/mol. The topological polar surface area (TPSA) is 67.9 Å². The number of cyclic esters (lactones) is 1. The number of amides is 2. The van der Waals surface area contributed by atoms with Crippen LogP contribution < -0.4 is 10.1 Å². The van der Waals surface area contributed by atoms with Gasteiger partial charge in [-0.1, -0.05) is 12.1 Å². The van der Waals surface area contributed by atoms with E-state index in [0.29, 0.717) is 38.5 Å². The summed E-state index contributed by atoms with van der Waals surface area (Å²) in [7, 11) is 0. The first-order valence-corrected chi connectivity index (χ1v) is 9.28. The third-order valence-electron chi connectivity index (χ3n) is 6.59. The number of ether oxygens (including phenoxy) is 2. The van der Waals surface area contributed by atoms with Crippen LogP contribution in [0.5, 0.6) is 5.75 Å². The number of carbonyl (C=O) groups is 2. The SMILES string of the molecule is O=C1N[C@]2(CO1)C[C@H](C(=O)N1CC3CC3(c3ccc(OC(F)(F)F)cc3)C1)C2. The second-order valence-electron chi connectivity index (χ2n) is 8.43. The van der Waals surface area contributed by atoms with Gasteiger partial charge in [-0.05, 0) is 42.9 Å². The van der Waals surface area contributed by atoms with E-state index in [-0.39, 0.29) is 28.5 Å². The normalized spacial score (nSPS) is 35.8. The second-order valence-corrected chi connectivity index (χ2v) is 8.43. The first kappa shape index (κ1) is 17.6. The van der Waals surface area contributed by atoms with Gasteiger partial charge in [0.2, 0.25) is 5.91 Å². The lowest BCUT2D eigenvalue weighted by atomic mass is 9.68. The summed E-state index contributed by atoms with van der Waals surface area (Å²) in [6.45, 7) is 1.57. The molecule has 2 amide bonds. The zero-order chi connectivity index (χ0) is 19.7. The quantitative estimate of drug-likeness (QED) is 0.853. The number of hydrogen-bond donors (Lipinski definition) is 1. The molecule has 1 aromatic carbocycles. The van der Waals surface area contributed by atoms with Crippen molar-refractivity contribution >= 4 is 12.0 Å². The van der Waals surface area contributed by atoms with Crippen LogP contribution in [0.1, 0.15) is 24.8 Å². The summed E-state index contributed by atoms with van der Waals surface area (Å²) in [4.78, 5) is 25.9. The van der Waals surface area contributed by atoms with E-state index in [1.165, 1.54) is 12.1 Å². The smallest absolute Gasteiger partial charge is 0.447 e. The van der Waals surface area contributed by atoms with Crippen molar-refractivity contribution < 1.29 is 32.2 Å². The number of rotatable bonds is 3. The maximum atomic E-state index is 12.8. The van der Waals surface area contributed by atoms with E-state index >= 15 is 0 Å². The molecule has 6 nitrogen and oxygen atoms in total. The molecule has 2 heterocycles. The number of alkyl halides is 3. The Balaban J connectivity index is 1.22. The van der Waals surface area contributed by atoms with Gasteiger partial charge in [0.1, 0.15) is 12.4 Å². The van der Waals surface area contributed by atoms with Gasteiger partial charge in [-0.2, -0.15) is 0 Å². The van der Waals surface area contributed by atoms with Gasteiger partial charge >= 0.3 is 12.5 Å². The molecular formula is C19H19F3N2O4. The van der Waals surface area contributed by atoms with E-state index in [9.17, 15) is 22.8 Å². The number of alkyl carbamates (subject to hydrolysis) is 1. The van der Waals surface area contributed by atoms with E-state index in [1.54, 1.807) is 12.1 Å². The van der Waals surface area contributed by atoms with Crippen molar-refractivity contribution in [2.75, 3.05) is 19.7 Å². The van der Waals surface area contributed by atoms with Crippen molar-refractivity contribution in [3.8, 4) is 5.75 Å². The number of halogens is 3. The highest BCUT2D eigenvalue weighted by atomic mass is 19.4. The lowest BCUT2D eigenvalue weighted by Gasteiger charge is -2.43. The van der Waals surface area contributed by atoms with Gasteiger partial charge in [0.05, 0.1) is 5.54 Å². The third-order valence-corrected chi connectivity index (χ3v) is 6.59.